The number of hydrogen-bond donors (Lipinski definition) is 2. The molecule has 1 amide bonds. The summed E-state index contributed by atoms with van der Waals surface area (Å²) in [5.41, 5.74) is 3.85. The van der Waals surface area contributed by atoms with E-state index in [1.165, 1.54) is 12.6 Å². The lowest BCUT2D eigenvalue weighted by molar-refractivity contribution is -0.121. The van der Waals surface area contributed by atoms with Crippen LogP contribution in [0.4, 0.5) is 0 Å². The van der Waals surface area contributed by atoms with E-state index in [2.05, 4.69) is 41.0 Å². The molecule has 3 rings (SSSR count). The molecule has 33 heavy (non-hydrogen) atoms. The minimum Gasteiger partial charge on any atom is -0.441 e. The second-order valence-electron chi connectivity index (χ2n) is 8.47. The standard InChI is InChI=1S/C25H31N3O4S/c1-18(2)14-19-8-10-22(11-9-19)23-16-28-25(32-23)13-12-24(29)27-15-20-4-6-21(7-5-20)17-33(30,31)26-3/h4-11,16,18,26H,12-15,17H2,1-3H3,(H,27,29). The summed E-state index contributed by atoms with van der Waals surface area (Å²) >= 11 is 0. The van der Waals surface area contributed by atoms with E-state index < -0.39 is 10.0 Å². The van der Waals surface area contributed by atoms with Crippen molar-refractivity contribution in [1.29, 1.82) is 0 Å². The monoisotopic (exact) mass is 469 g/mol. The minimum absolute atomic E-state index is 0.0731. The molecule has 0 fully saturated rings. The van der Waals surface area contributed by atoms with E-state index in [4.69, 9.17) is 4.42 Å². The summed E-state index contributed by atoms with van der Waals surface area (Å²) in [4.78, 5) is 16.5. The topological polar surface area (TPSA) is 101 Å². The highest BCUT2D eigenvalue weighted by Crippen LogP contribution is 2.22. The molecule has 0 atom stereocenters. The number of benzene rings is 2. The number of carbonyl (C=O) groups is 1. The van der Waals surface area contributed by atoms with E-state index in [0.29, 0.717) is 36.1 Å². The highest BCUT2D eigenvalue weighted by atomic mass is 32.2. The van der Waals surface area contributed by atoms with E-state index in [0.717, 1.165) is 17.5 Å². The summed E-state index contributed by atoms with van der Waals surface area (Å²) in [6.45, 7) is 4.77. The number of rotatable bonds is 11. The zero-order valence-electron chi connectivity index (χ0n) is 19.3. The lowest BCUT2D eigenvalue weighted by Crippen LogP contribution is -2.23. The third-order valence-electron chi connectivity index (χ3n) is 5.18. The van der Waals surface area contributed by atoms with Crippen molar-refractivity contribution in [2.24, 2.45) is 5.92 Å². The van der Waals surface area contributed by atoms with Crippen LogP contribution in [0.25, 0.3) is 11.3 Å². The molecule has 176 valence electrons. The Kier molecular flexibility index (Phi) is 8.41. The number of amides is 1. The molecule has 0 aliphatic rings. The van der Waals surface area contributed by atoms with Crippen LogP contribution in [-0.2, 0) is 40.0 Å². The van der Waals surface area contributed by atoms with Gasteiger partial charge in [-0.05, 0) is 36.1 Å². The molecule has 0 saturated heterocycles. The van der Waals surface area contributed by atoms with Gasteiger partial charge in [-0.25, -0.2) is 18.1 Å². The van der Waals surface area contributed by atoms with Crippen molar-refractivity contribution in [3.63, 3.8) is 0 Å². The Balaban J connectivity index is 1.45. The molecule has 7 nitrogen and oxygen atoms in total. The Morgan fingerprint density at radius 3 is 2.27 bits per heavy atom. The third kappa shape index (κ3) is 7.83. The lowest BCUT2D eigenvalue weighted by atomic mass is 10.0. The number of aromatic nitrogens is 1. The van der Waals surface area contributed by atoms with Gasteiger partial charge in [0, 0.05) is 24.9 Å². The Morgan fingerprint density at radius 1 is 1.00 bits per heavy atom. The molecule has 0 saturated carbocycles. The van der Waals surface area contributed by atoms with Gasteiger partial charge in [-0.15, -0.1) is 0 Å². The lowest BCUT2D eigenvalue weighted by Gasteiger charge is -2.07. The summed E-state index contributed by atoms with van der Waals surface area (Å²) in [6, 6.07) is 15.4. The number of aryl methyl sites for hydroxylation is 1. The van der Waals surface area contributed by atoms with Crippen molar-refractivity contribution in [2.45, 2.75) is 45.4 Å². The molecule has 1 heterocycles. The van der Waals surface area contributed by atoms with E-state index in [1.807, 2.05) is 24.3 Å². The van der Waals surface area contributed by atoms with Crippen molar-refractivity contribution in [3.8, 4) is 11.3 Å². The smallest absolute Gasteiger partial charge is 0.220 e. The van der Waals surface area contributed by atoms with Gasteiger partial charge in [0.15, 0.2) is 11.7 Å². The number of sulfonamides is 1. The maximum atomic E-state index is 12.2. The molecule has 8 heteroatoms. The SMILES string of the molecule is CNS(=O)(=O)Cc1ccc(CNC(=O)CCc2ncc(-c3ccc(CC(C)C)cc3)o2)cc1. The van der Waals surface area contributed by atoms with E-state index >= 15 is 0 Å². The van der Waals surface area contributed by atoms with Gasteiger partial charge in [-0.2, -0.15) is 0 Å². The quantitative estimate of drug-likeness (QED) is 0.444. The largest absolute Gasteiger partial charge is 0.441 e. The molecule has 2 N–H and O–H groups in total. The maximum Gasteiger partial charge on any atom is 0.220 e. The van der Waals surface area contributed by atoms with Crippen LogP contribution in [0.15, 0.2) is 59.1 Å². The highest BCUT2D eigenvalue weighted by molar-refractivity contribution is 7.88. The van der Waals surface area contributed by atoms with Crippen molar-refractivity contribution in [3.05, 3.63) is 77.3 Å². The van der Waals surface area contributed by atoms with Gasteiger partial charge < -0.3 is 9.73 Å². The predicted octanol–water partition coefficient (Wildman–Crippen LogP) is 3.84. The van der Waals surface area contributed by atoms with E-state index in [-0.39, 0.29) is 18.1 Å². The van der Waals surface area contributed by atoms with Crippen molar-refractivity contribution < 1.29 is 17.6 Å². The second kappa shape index (κ2) is 11.2. The molecule has 0 unspecified atom stereocenters. The molecule has 3 aromatic rings. The van der Waals surface area contributed by atoms with Gasteiger partial charge in [0.25, 0.3) is 0 Å². The molecule has 0 bridgehead atoms. The minimum atomic E-state index is -3.30. The van der Waals surface area contributed by atoms with Crippen LogP contribution in [0.5, 0.6) is 0 Å². The first-order chi connectivity index (χ1) is 15.7. The first-order valence-electron chi connectivity index (χ1n) is 11.0. The molecule has 0 aliphatic carbocycles. The van der Waals surface area contributed by atoms with Crippen LogP contribution in [0.1, 0.15) is 42.8 Å². The van der Waals surface area contributed by atoms with Gasteiger partial charge in [0.05, 0.1) is 11.9 Å². The normalized spacial score (nSPS) is 11.6. The molecule has 0 spiro atoms. The van der Waals surface area contributed by atoms with Crippen molar-refractivity contribution in [1.82, 2.24) is 15.0 Å². The van der Waals surface area contributed by atoms with Crippen molar-refractivity contribution in [2.75, 3.05) is 7.05 Å². The maximum absolute atomic E-state index is 12.2. The fraction of sp³-hybridized carbons (Fsp3) is 0.360. The first kappa shape index (κ1) is 24.7. The fourth-order valence-electron chi connectivity index (χ4n) is 3.39. The van der Waals surface area contributed by atoms with E-state index in [9.17, 15) is 13.2 Å². The molecule has 0 radical (unpaired) electrons. The van der Waals surface area contributed by atoms with E-state index in [1.54, 1.807) is 18.3 Å². The van der Waals surface area contributed by atoms with Gasteiger partial charge in [0.1, 0.15) is 0 Å². The number of nitrogens with zero attached hydrogens (tertiary/aromatic N) is 1. The Bertz CT molecular complexity index is 1150. The Morgan fingerprint density at radius 2 is 1.64 bits per heavy atom. The highest BCUT2D eigenvalue weighted by Gasteiger charge is 2.11. The van der Waals surface area contributed by atoms with Gasteiger partial charge in [0.2, 0.25) is 15.9 Å². The average Bonchev–Trinajstić information content (AvgIpc) is 3.26. The summed E-state index contributed by atoms with van der Waals surface area (Å²) in [5, 5.41) is 2.87. The molecule has 1 aromatic heterocycles. The number of oxazole rings is 1. The van der Waals surface area contributed by atoms with Gasteiger partial charge in [-0.3, -0.25) is 4.79 Å². The van der Waals surface area contributed by atoms with Gasteiger partial charge >= 0.3 is 0 Å². The molecular formula is C25H31N3O4S. The van der Waals surface area contributed by atoms with Crippen LogP contribution in [0.2, 0.25) is 0 Å². The molecular weight excluding hydrogens is 438 g/mol. The van der Waals surface area contributed by atoms with Crippen LogP contribution < -0.4 is 10.0 Å². The fourth-order valence-corrected chi connectivity index (χ4v) is 4.17. The summed E-state index contributed by atoms with van der Waals surface area (Å²) in [6.07, 6.45) is 3.42. The first-order valence-corrected chi connectivity index (χ1v) is 12.7. The number of nitrogens with one attached hydrogen (secondary N) is 2. The number of hydrogen-bond acceptors (Lipinski definition) is 5. The summed E-state index contributed by atoms with van der Waals surface area (Å²) < 4.78 is 31.3. The van der Waals surface area contributed by atoms with Crippen molar-refractivity contribution >= 4 is 15.9 Å². The molecule has 2 aromatic carbocycles. The third-order valence-corrected chi connectivity index (χ3v) is 6.52. The summed E-state index contributed by atoms with van der Waals surface area (Å²) in [7, 11) is -1.91. The summed E-state index contributed by atoms with van der Waals surface area (Å²) in [5.74, 6) is 1.66. The van der Waals surface area contributed by atoms with Crippen LogP contribution >= 0.6 is 0 Å². The Hall–Kier alpha value is -2.97. The average molecular weight is 470 g/mol. The Labute approximate surface area is 195 Å². The zero-order chi connectivity index (χ0) is 23.8. The predicted molar refractivity (Wildman–Crippen MR) is 129 cm³/mol. The van der Waals surface area contributed by atoms with Gasteiger partial charge in [-0.1, -0.05) is 62.4 Å². The van der Waals surface area contributed by atoms with Crippen LogP contribution in [-0.4, -0.2) is 26.4 Å². The van der Waals surface area contributed by atoms with Crippen LogP contribution in [0, 0.1) is 5.92 Å². The van der Waals surface area contributed by atoms with Crippen LogP contribution in [0.3, 0.4) is 0 Å². The second-order valence-corrected chi connectivity index (χ2v) is 10.4. The zero-order valence-corrected chi connectivity index (χ0v) is 20.1. The number of carbonyl (C=O) groups excluding carboxylic acids is 1. The molecule has 0 aliphatic heterocycles.